The molecule has 0 heterocycles. The number of fused-ring (bicyclic) bond motifs is 1. The summed E-state index contributed by atoms with van der Waals surface area (Å²) in [6.07, 6.45) is 0.848. The van der Waals surface area contributed by atoms with Gasteiger partial charge >= 0.3 is 0 Å². The number of aldehydes is 1. The molecule has 2 rings (SSSR count). The molecule has 1 aromatic rings. The van der Waals surface area contributed by atoms with Crippen LogP contribution in [-0.2, 0) is 13.6 Å². The molecule has 5 heteroatoms. The van der Waals surface area contributed by atoms with E-state index in [0.717, 1.165) is 11.8 Å². The molecule has 0 N–H and O–H groups in total. The van der Waals surface area contributed by atoms with Crippen LogP contribution in [0.15, 0.2) is 24.3 Å². The highest BCUT2D eigenvalue weighted by atomic mass is 28.4. The Morgan fingerprint density at radius 2 is 1.17 bits per heavy atom. The minimum Gasteiger partial charge on any atom is -0.410 e. The van der Waals surface area contributed by atoms with E-state index in [-0.39, 0.29) is 34.1 Å². The highest BCUT2D eigenvalue weighted by molar-refractivity contribution is 6.74. The lowest BCUT2D eigenvalue weighted by Crippen LogP contribution is -2.48. The van der Waals surface area contributed by atoms with Crippen LogP contribution < -0.4 is 0 Å². The Balaban J connectivity index is 2.53. The summed E-state index contributed by atoms with van der Waals surface area (Å²) in [5.74, 6) is -0.125. The lowest BCUT2D eigenvalue weighted by molar-refractivity contribution is -0.119. The van der Waals surface area contributed by atoms with Gasteiger partial charge in [0.2, 0.25) is 0 Å². The van der Waals surface area contributed by atoms with Gasteiger partial charge in [0.05, 0.1) is 12.2 Å². The average Bonchev–Trinajstić information content (AvgIpc) is 2.56. The lowest BCUT2D eigenvalue weighted by Gasteiger charge is -2.48. The first kappa shape index (κ1) is 24.5. The predicted octanol–water partition coefficient (Wildman–Crippen LogP) is 7.28. The van der Waals surface area contributed by atoms with Crippen LogP contribution in [-0.4, -0.2) is 22.9 Å². The molecule has 0 fully saturated rings. The van der Waals surface area contributed by atoms with Crippen molar-refractivity contribution in [3.8, 4) is 0 Å². The summed E-state index contributed by atoms with van der Waals surface area (Å²) in [6.45, 7) is 24.8. The molecule has 0 bridgehead atoms. The first-order valence-corrected chi connectivity index (χ1v) is 16.7. The summed E-state index contributed by atoms with van der Waals surface area (Å²) in [7, 11) is -4.03. The van der Waals surface area contributed by atoms with E-state index in [4.69, 9.17) is 8.85 Å². The summed E-state index contributed by atoms with van der Waals surface area (Å²) in [4.78, 5) is 12.3. The molecular formula is C24H42O3Si2. The molecule has 0 aliphatic heterocycles. The normalized spacial score (nSPS) is 26.2. The Bertz CT molecular complexity index is 728. The number of rotatable bonds is 5. The van der Waals surface area contributed by atoms with E-state index in [1.54, 1.807) is 0 Å². The molecule has 29 heavy (non-hydrogen) atoms. The van der Waals surface area contributed by atoms with Crippen LogP contribution >= 0.6 is 0 Å². The molecule has 0 saturated heterocycles. The second kappa shape index (κ2) is 8.06. The molecule has 3 nitrogen and oxygen atoms in total. The van der Waals surface area contributed by atoms with E-state index in [0.29, 0.717) is 0 Å². The zero-order chi connectivity index (χ0) is 22.4. The fourth-order valence-corrected chi connectivity index (χ4v) is 6.10. The summed E-state index contributed by atoms with van der Waals surface area (Å²) in [5.41, 5.74) is 2.34. The van der Waals surface area contributed by atoms with Crippen molar-refractivity contribution in [1.29, 1.82) is 0 Å². The molecule has 0 spiro atoms. The second-order valence-electron chi connectivity index (χ2n) is 11.8. The van der Waals surface area contributed by atoms with Crippen molar-refractivity contribution in [2.24, 2.45) is 11.8 Å². The third-order valence-corrected chi connectivity index (χ3v) is 16.6. The number of carbonyl (C=O) groups is 1. The standard InChI is InChI=1S/C24H42O3Si2/c1-17-20(16-25)22(27-29(10,11)24(5,6)7)19-15-13-12-14-18(19)21(17)26-28(8,9)23(2,3)4/h12-17,20-22H,1-11H3/t17-,20-,21+,22+/m1/s1. The molecule has 1 aliphatic carbocycles. The van der Waals surface area contributed by atoms with Crippen LogP contribution in [0.1, 0.15) is 71.8 Å². The van der Waals surface area contributed by atoms with Gasteiger partial charge in [-0.15, -0.1) is 0 Å². The minimum absolute atomic E-state index is 0.0680. The predicted molar refractivity (Wildman–Crippen MR) is 127 cm³/mol. The van der Waals surface area contributed by atoms with Gasteiger partial charge in [-0.25, -0.2) is 0 Å². The molecule has 0 radical (unpaired) electrons. The minimum atomic E-state index is -2.04. The van der Waals surface area contributed by atoms with Crippen molar-refractivity contribution in [1.82, 2.24) is 0 Å². The topological polar surface area (TPSA) is 35.5 Å². The first-order valence-electron chi connectivity index (χ1n) is 10.9. The van der Waals surface area contributed by atoms with Gasteiger partial charge in [-0.05, 0) is 53.3 Å². The monoisotopic (exact) mass is 434 g/mol. The van der Waals surface area contributed by atoms with Crippen molar-refractivity contribution in [3.05, 3.63) is 35.4 Å². The van der Waals surface area contributed by atoms with E-state index in [1.165, 1.54) is 5.56 Å². The lowest BCUT2D eigenvalue weighted by atomic mass is 9.73. The first-order chi connectivity index (χ1) is 13.0. The van der Waals surface area contributed by atoms with Gasteiger partial charge in [0.1, 0.15) is 6.29 Å². The van der Waals surface area contributed by atoms with Crippen LogP contribution in [0.25, 0.3) is 0 Å². The molecule has 164 valence electrons. The number of hydrogen-bond donors (Lipinski definition) is 0. The van der Waals surface area contributed by atoms with Gasteiger partial charge in [0.25, 0.3) is 0 Å². The van der Waals surface area contributed by atoms with Crippen molar-refractivity contribution in [2.45, 2.75) is 96.9 Å². The summed E-state index contributed by atoms with van der Waals surface area (Å²) in [5, 5.41) is 0.208. The van der Waals surface area contributed by atoms with Crippen LogP contribution in [0.2, 0.25) is 36.3 Å². The Kier molecular flexibility index (Phi) is 6.81. The van der Waals surface area contributed by atoms with Crippen LogP contribution in [0, 0.1) is 11.8 Å². The zero-order valence-corrected chi connectivity index (χ0v) is 22.4. The highest BCUT2D eigenvalue weighted by Gasteiger charge is 2.49. The average molecular weight is 435 g/mol. The largest absolute Gasteiger partial charge is 0.410 e. The smallest absolute Gasteiger partial charge is 0.192 e. The molecule has 4 atom stereocenters. The molecule has 0 unspecified atom stereocenters. The number of carbonyl (C=O) groups excluding carboxylic acids is 1. The molecule has 0 amide bonds. The second-order valence-corrected chi connectivity index (χ2v) is 21.3. The van der Waals surface area contributed by atoms with E-state index in [9.17, 15) is 4.79 Å². The zero-order valence-electron chi connectivity index (χ0n) is 20.4. The van der Waals surface area contributed by atoms with Gasteiger partial charge in [0, 0.05) is 5.92 Å². The SMILES string of the molecule is C[C@@H]1[C@@H](C=O)[C@@H](O[Si](C)(C)C(C)(C)C)c2ccccc2[C@H]1O[Si](C)(C)C(C)(C)C. The van der Waals surface area contributed by atoms with Crippen molar-refractivity contribution < 1.29 is 13.6 Å². The Morgan fingerprint density at radius 1 is 0.793 bits per heavy atom. The quantitative estimate of drug-likeness (QED) is 0.361. The summed E-state index contributed by atoms with van der Waals surface area (Å²) < 4.78 is 13.7. The van der Waals surface area contributed by atoms with E-state index < -0.39 is 16.6 Å². The Labute approximate surface area is 180 Å². The number of benzene rings is 1. The van der Waals surface area contributed by atoms with Gasteiger partial charge in [-0.2, -0.15) is 0 Å². The molecule has 1 aromatic carbocycles. The fraction of sp³-hybridized carbons (Fsp3) is 0.708. The Morgan fingerprint density at radius 3 is 1.55 bits per heavy atom. The third kappa shape index (κ3) is 4.78. The van der Waals surface area contributed by atoms with Crippen LogP contribution in [0.3, 0.4) is 0 Å². The summed E-state index contributed by atoms with van der Waals surface area (Å²) in [6, 6.07) is 8.45. The van der Waals surface area contributed by atoms with Gasteiger partial charge in [-0.3, -0.25) is 0 Å². The molecule has 0 saturated carbocycles. The van der Waals surface area contributed by atoms with Crippen molar-refractivity contribution in [2.75, 3.05) is 0 Å². The molecular weight excluding hydrogens is 392 g/mol. The van der Waals surface area contributed by atoms with Crippen LogP contribution in [0.4, 0.5) is 0 Å². The van der Waals surface area contributed by atoms with Crippen molar-refractivity contribution in [3.63, 3.8) is 0 Å². The van der Waals surface area contributed by atoms with E-state index >= 15 is 0 Å². The van der Waals surface area contributed by atoms with E-state index in [2.05, 4.69) is 98.9 Å². The Hall–Kier alpha value is -0.756. The third-order valence-electron chi connectivity index (χ3n) is 7.66. The van der Waals surface area contributed by atoms with Gasteiger partial charge in [-0.1, -0.05) is 72.7 Å². The maximum absolute atomic E-state index is 12.3. The maximum atomic E-state index is 12.3. The van der Waals surface area contributed by atoms with Crippen LogP contribution in [0.5, 0.6) is 0 Å². The summed E-state index contributed by atoms with van der Waals surface area (Å²) >= 11 is 0. The molecule has 0 aromatic heterocycles. The van der Waals surface area contributed by atoms with E-state index in [1.807, 2.05) is 0 Å². The molecule has 1 aliphatic rings. The van der Waals surface area contributed by atoms with Gasteiger partial charge < -0.3 is 13.6 Å². The fourth-order valence-electron chi connectivity index (χ4n) is 3.49. The highest BCUT2D eigenvalue weighted by Crippen LogP contribution is 2.52. The van der Waals surface area contributed by atoms with Crippen molar-refractivity contribution >= 4 is 22.9 Å². The number of hydrogen-bond acceptors (Lipinski definition) is 3. The maximum Gasteiger partial charge on any atom is 0.192 e. The van der Waals surface area contributed by atoms with Gasteiger partial charge in [0.15, 0.2) is 16.6 Å².